The van der Waals surface area contributed by atoms with Crippen LogP contribution in [0.15, 0.2) is 41.3 Å². The van der Waals surface area contributed by atoms with Crippen molar-refractivity contribution in [3.05, 3.63) is 67.5 Å². The SMILES string of the molecule is Cc1ccc(N2C(=O)/C(=C/c3c(Cl)cccc3Cl)SC2=S)cc1Cl. The van der Waals surface area contributed by atoms with E-state index in [1.807, 2.05) is 19.1 Å². The van der Waals surface area contributed by atoms with Gasteiger partial charge in [0.25, 0.3) is 5.91 Å². The van der Waals surface area contributed by atoms with Gasteiger partial charge in [0, 0.05) is 20.6 Å². The molecular formula is C17H10Cl3NOS2. The Kier molecular flexibility index (Phi) is 5.23. The molecular weight excluding hydrogens is 405 g/mol. The number of thiocarbonyl (C=S) groups is 1. The minimum absolute atomic E-state index is 0.221. The van der Waals surface area contributed by atoms with E-state index in [1.54, 1.807) is 30.3 Å². The first-order chi connectivity index (χ1) is 11.4. The summed E-state index contributed by atoms with van der Waals surface area (Å²) >= 11 is 25.1. The molecule has 0 aromatic heterocycles. The fourth-order valence-corrected chi connectivity index (χ4v) is 4.15. The number of amides is 1. The number of carbonyl (C=O) groups is 1. The zero-order valence-corrected chi connectivity index (χ0v) is 16.2. The topological polar surface area (TPSA) is 20.3 Å². The van der Waals surface area contributed by atoms with Gasteiger partial charge in [-0.3, -0.25) is 9.69 Å². The first kappa shape index (κ1) is 17.8. The summed E-state index contributed by atoms with van der Waals surface area (Å²) in [7, 11) is 0. The molecule has 0 radical (unpaired) electrons. The molecule has 2 aromatic rings. The zero-order chi connectivity index (χ0) is 17.4. The van der Waals surface area contributed by atoms with Gasteiger partial charge in [0.2, 0.25) is 0 Å². The lowest BCUT2D eigenvalue weighted by molar-refractivity contribution is -0.113. The van der Waals surface area contributed by atoms with E-state index in [4.69, 9.17) is 47.0 Å². The molecule has 0 bridgehead atoms. The van der Waals surface area contributed by atoms with Gasteiger partial charge in [-0.05, 0) is 42.8 Å². The van der Waals surface area contributed by atoms with Crippen LogP contribution < -0.4 is 4.90 Å². The van der Waals surface area contributed by atoms with E-state index in [0.717, 1.165) is 5.56 Å². The second-order valence-electron chi connectivity index (χ2n) is 5.09. The van der Waals surface area contributed by atoms with Crippen LogP contribution in [0.5, 0.6) is 0 Å². The Labute approximate surface area is 164 Å². The smallest absolute Gasteiger partial charge is 0.268 e. The number of carbonyl (C=O) groups excluding carboxylic acids is 1. The molecule has 1 heterocycles. The number of benzene rings is 2. The van der Waals surface area contributed by atoms with Crippen LogP contribution >= 0.6 is 58.8 Å². The second-order valence-corrected chi connectivity index (χ2v) is 7.98. The Balaban J connectivity index is 2.00. The van der Waals surface area contributed by atoms with Gasteiger partial charge in [0.15, 0.2) is 4.32 Å². The van der Waals surface area contributed by atoms with E-state index < -0.39 is 0 Å². The molecule has 3 rings (SSSR count). The summed E-state index contributed by atoms with van der Waals surface area (Å²) in [5, 5.41) is 1.54. The summed E-state index contributed by atoms with van der Waals surface area (Å²) in [6.07, 6.45) is 1.67. The molecule has 0 spiro atoms. The Morgan fingerprint density at radius 1 is 1.08 bits per heavy atom. The highest BCUT2D eigenvalue weighted by atomic mass is 35.5. The lowest BCUT2D eigenvalue weighted by Gasteiger charge is -2.15. The molecule has 0 N–H and O–H groups in total. The number of rotatable bonds is 2. The van der Waals surface area contributed by atoms with Crippen molar-refractivity contribution >= 4 is 80.8 Å². The molecule has 1 saturated heterocycles. The minimum atomic E-state index is -0.221. The van der Waals surface area contributed by atoms with Crippen molar-refractivity contribution in [2.75, 3.05) is 4.90 Å². The van der Waals surface area contributed by atoms with Crippen LogP contribution in [0.2, 0.25) is 15.1 Å². The van der Waals surface area contributed by atoms with E-state index >= 15 is 0 Å². The van der Waals surface area contributed by atoms with Gasteiger partial charge in [-0.25, -0.2) is 0 Å². The largest absolute Gasteiger partial charge is 0.270 e. The number of hydrogen-bond acceptors (Lipinski definition) is 3. The Morgan fingerprint density at radius 3 is 2.38 bits per heavy atom. The second kappa shape index (κ2) is 7.06. The fourth-order valence-electron chi connectivity index (χ4n) is 2.19. The molecule has 1 aliphatic rings. The summed E-state index contributed by atoms with van der Waals surface area (Å²) in [6, 6.07) is 10.6. The van der Waals surface area contributed by atoms with E-state index in [2.05, 4.69) is 0 Å². The van der Waals surface area contributed by atoms with E-state index in [-0.39, 0.29) is 5.91 Å². The third-order valence-corrected chi connectivity index (χ3v) is 5.85. The molecule has 1 fully saturated rings. The van der Waals surface area contributed by atoms with Crippen LogP contribution in [-0.4, -0.2) is 10.2 Å². The highest BCUT2D eigenvalue weighted by molar-refractivity contribution is 8.27. The van der Waals surface area contributed by atoms with Crippen molar-refractivity contribution in [2.45, 2.75) is 6.92 Å². The van der Waals surface area contributed by atoms with Crippen LogP contribution in [0, 0.1) is 6.92 Å². The summed E-state index contributed by atoms with van der Waals surface area (Å²) in [5.41, 5.74) is 2.18. The maximum Gasteiger partial charge on any atom is 0.270 e. The van der Waals surface area contributed by atoms with E-state index in [1.165, 1.54) is 16.7 Å². The fraction of sp³-hybridized carbons (Fsp3) is 0.0588. The van der Waals surface area contributed by atoms with Gasteiger partial charge in [0.05, 0.1) is 10.6 Å². The lowest BCUT2D eigenvalue weighted by Crippen LogP contribution is -2.27. The average molecular weight is 415 g/mol. The average Bonchev–Trinajstić information content (AvgIpc) is 2.80. The highest BCUT2D eigenvalue weighted by Gasteiger charge is 2.33. The van der Waals surface area contributed by atoms with Crippen LogP contribution in [0.3, 0.4) is 0 Å². The number of thioether (sulfide) groups is 1. The van der Waals surface area contributed by atoms with Crippen molar-refractivity contribution in [3.63, 3.8) is 0 Å². The van der Waals surface area contributed by atoms with Gasteiger partial charge in [-0.1, -0.05) is 70.9 Å². The number of halogens is 3. The third kappa shape index (κ3) is 3.35. The number of aryl methyl sites for hydroxylation is 1. The van der Waals surface area contributed by atoms with Gasteiger partial charge in [-0.15, -0.1) is 0 Å². The maximum absolute atomic E-state index is 12.8. The molecule has 0 unspecified atom stereocenters. The number of hydrogen-bond donors (Lipinski definition) is 0. The van der Waals surface area contributed by atoms with Crippen LogP contribution in [0.4, 0.5) is 5.69 Å². The third-order valence-electron chi connectivity index (χ3n) is 3.48. The molecule has 0 saturated carbocycles. The summed E-state index contributed by atoms with van der Waals surface area (Å²) in [4.78, 5) is 14.7. The Morgan fingerprint density at radius 2 is 1.75 bits per heavy atom. The summed E-state index contributed by atoms with van der Waals surface area (Å²) in [6.45, 7) is 1.90. The normalized spacial score (nSPS) is 16.3. The number of anilines is 1. The van der Waals surface area contributed by atoms with Gasteiger partial charge in [-0.2, -0.15) is 0 Å². The molecule has 122 valence electrons. The van der Waals surface area contributed by atoms with E-state index in [9.17, 15) is 4.79 Å². The monoisotopic (exact) mass is 413 g/mol. The molecule has 1 amide bonds. The van der Waals surface area contributed by atoms with Crippen molar-refractivity contribution < 1.29 is 4.79 Å². The maximum atomic E-state index is 12.8. The zero-order valence-electron chi connectivity index (χ0n) is 12.3. The van der Waals surface area contributed by atoms with Crippen molar-refractivity contribution in [2.24, 2.45) is 0 Å². The predicted octanol–water partition coefficient (Wildman–Crippen LogP) is 6.36. The van der Waals surface area contributed by atoms with Crippen molar-refractivity contribution in [1.82, 2.24) is 0 Å². The molecule has 2 nitrogen and oxygen atoms in total. The van der Waals surface area contributed by atoms with Gasteiger partial charge < -0.3 is 0 Å². The summed E-state index contributed by atoms with van der Waals surface area (Å²) in [5.74, 6) is -0.221. The minimum Gasteiger partial charge on any atom is -0.268 e. The van der Waals surface area contributed by atoms with Gasteiger partial charge >= 0.3 is 0 Å². The first-order valence-corrected chi connectivity index (χ1v) is 9.22. The molecule has 2 aromatic carbocycles. The predicted molar refractivity (Wildman–Crippen MR) is 108 cm³/mol. The standard InChI is InChI=1S/C17H10Cl3NOS2/c1-9-5-6-10(7-14(9)20)21-16(22)15(24-17(21)23)8-11-12(18)3-2-4-13(11)19/h2-8H,1H3/b15-8-. The van der Waals surface area contributed by atoms with Crippen molar-refractivity contribution in [3.8, 4) is 0 Å². The van der Waals surface area contributed by atoms with Crippen LogP contribution in [-0.2, 0) is 4.79 Å². The Bertz CT molecular complexity index is 875. The number of nitrogens with zero attached hydrogens (tertiary/aromatic N) is 1. The first-order valence-electron chi connectivity index (χ1n) is 6.86. The highest BCUT2D eigenvalue weighted by Crippen LogP contribution is 2.38. The molecule has 0 atom stereocenters. The lowest BCUT2D eigenvalue weighted by atomic mass is 10.2. The molecule has 0 aliphatic carbocycles. The Hall–Kier alpha value is -1.04. The van der Waals surface area contributed by atoms with Gasteiger partial charge in [0.1, 0.15) is 0 Å². The van der Waals surface area contributed by atoms with Crippen LogP contribution in [0.25, 0.3) is 6.08 Å². The molecule has 1 aliphatic heterocycles. The van der Waals surface area contributed by atoms with E-state index in [0.29, 0.717) is 35.5 Å². The molecule has 7 heteroatoms. The molecule has 24 heavy (non-hydrogen) atoms. The van der Waals surface area contributed by atoms with Crippen molar-refractivity contribution in [1.29, 1.82) is 0 Å². The van der Waals surface area contributed by atoms with Crippen LogP contribution in [0.1, 0.15) is 11.1 Å². The quantitative estimate of drug-likeness (QED) is 0.421. The summed E-state index contributed by atoms with van der Waals surface area (Å²) < 4.78 is 0.439.